The molecule has 1 saturated carbocycles. The van der Waals surface area contributed by atoms with E-state index in [1.807, 2.05) is 10.7 Å². The summed E-state index contributed by atoms with van der Waals surface area (Å²) in [7, 11) is 1.65. The second-order valence-corrected chi connectivity index (χ2v) is 7.93. The summed E-state index contributed by atoms with van der Waals surface area (Å²) in [5.74, 6) is 2.37. The molecule has 2 N–H and O–H groups in total. The van der Waals surface area contributed by atoms with E-state index < -0.39 is 0 Å². The number of hydrogen-bond donors (Lipinski definition) is 2. The lowest BCUT2D eigenvalue weighted by Gasteiger charge is -2.25. The van der Waals surface area contributed by atoms with Crippen LogP contribution in [0.1, 0.15) is 43.4 Å². The molecule has 4 rings (SSSR count). The molecule has 1 fully saturated rings. The van der Waals surface area contributed by atoms with Gasteiger partial charge < -0.3 is 15.4 Å². The van der Waals surface area contributed by atoms with Crippen molar-refractivity contribution in [3.63, 3.8) is 0 Å². The molecule has 0 bridgehead atoms. The molecule has 0 radical (unpaired) electrons. The van der Waals surface area contributed by atoms with Crippen LogP contribution in [0.5, 0.6) is 0 Å². The molecule has 1 aliphatic heterocycles. The van der Waals surface area contributed by atoms with Crippen molar-refractivity contribution in [1.82, 2.24) is 25.4 Å². The van der Waals surface area contributed by atoms with Gasteiger partial charge in [0, 0.05) is 31.5 Å². The summed E-state index contributed by atoms with van der Waals surface area (Å²) in [6, 6.07) is 7.17. The lowest BCUT2D eigenvalue weighted by Crippen LogP contribution is -2.47. The molecule has 1 aromatic heterocycles. The number of ether oxygens (including phenoxy) is 1. The third-order valence-corrected chi connectivity index (χ3v) is 5.69. The number of rotatable bonds is 7. The summed E-state index contributed by atoms with van der Waals surface area (Å²) in [5.41, 5.74) is 1.03. The fourth-order valence-electron chi connectivity index (χ4n) is 3.92. The minimum atomic E-state index is -0.179. The van der Waals surface area contributed by atoms with Gasteiger partial charge >= 0.3 is 0 Å². The summed E-state index contributed by atoms with van der Waals surface area (Å²) in [6.07, 6.45) is 3.95. The van der Waals surface area contributed by atoms with Crippen molar-refractivity contribution in [3.8, 4) is 0 Å². The van der Waals surface area contributed by atoms with Gasteiger partial charge in [-0.05, 0) is 43.9 Å². The Balaban J connectivity index is 0.00000256. The van der Waals surface area contributed by atoms with Gasteiger partial charge in [-0.3, -0.25) is 4.99 Å². The normalized spacial score (nSPS) is 19.6. The van der Waals surface area contributed by atoms with Crippen LogP contribution in [0.25, 0.3) is 0 Å². The molecule has 2 heterocycles. The van der Waals surface area contributed by atoms with Gasteiger partial charge in [0.25, 0.3) is 0 Å². The van der Waals surface area contributed by atoms with Gasteiger partial charge in [0.15, 0.2) is 11.8 Å². The maximum Gasteiger partial charge on any atom is 0.191 e. The van der Waals surface area contributed by atoms with Gasteiger partial charge in [0.05, 0.1) is 13.1 Å². The van der Waals surface area contributed by atoms with Crippen LogP contribution in [0.4, 0.5) is 4.39 Å². The zero-order valence-electron chi connectivity index (χ0n) is 17.5. The fourth-order valence-corrected chi connectivity index (χ4v) is 3.92. The van der Waals surface area contributed by atoms with Gasteiger partial charge in [0.2, 0.25) is 0 Å². The van der Waals surface area contributed by atoms with Crippen LogP contribution < -0.4 is 10.6 Å². The highest BCUT2D eigenvalue weighted by Gasteiger charge is 2.44. The highest BCUT2D eigenvalue weighted by Crippen LogP contribution is 2.48. The molecule has 1 atom stereocenters. The van der Waals surface area contributed by atoms with E-state index in [4.69, 9.17) is 9.73 Å². The van der Waals surface area contributed by atoms with Gasteiger partial charge in [-0.1, -0.05) is 12.1 Å². The number of halogens is 2. The van der Waals surface area contributed by atoms with Gasteiger partial charge in [-0.2, -0.15) is 5.10 Å². The summed E-state index contributed by atoms with van der Waals surface area (Å²) in [5, 5.41) is 11.4. The number of benzene rings is 1. The van der Waals surface area contributed by atoms with Crippen molar-refractivity contribution in [2.75, 3.05) is 20.2 Å². The van der Waals surface area contributed by atoms with Crippen molar-refractivity contribution < 1.29 is 9.13 Å². The minimum absolute atomic E-state index is 0. The fraction of sp³-hybridized carbons (Fsp3) is 0.571. The van der Waals surface area contributed by atoms with E-state index in [0.29, 0.717) is 13.2 Å². The van der Waals surface area contributed by atoms with Gasteiger partial charge in [0.1, 0.15) is 18.2 Å². The van der Waals surface area contributed by atoms with E-state index in [1.165, 1.54) is 6.07 Å². The first-order chi connectivity index (χ1) is 14.1. The molecule has 1 aliphatic carbocycles. The molecule has 1 aromatic carbocycles. The molecule has 1 unspecified atom stereocenters. The number of aryl methyl sites for hydroxylation is 1. The Morgan fingerprint density at radius 1 is 1.40 bits per heavy atom. The topological polar surface area (TPSA) is 76.4 Å². The van der Waals surface area contributed by atoms with E-state index in [9.17, 15) is 4.39 Å². The number of methoxy groups -OCH3 is 1. The average molecular weight is 528 g/mol. The molecular formula is C21H30FIN6O. The summed E-state index contributed by atoms with van der Waals surface area (Å²) in [6.45, 7) is 4.70. The van der Waals surface area contributed by atoms with E-state index in [0.717, 1.165) is 61.9 Å². The van der Waals surface area contributed by atoms with Crippen molar-refractivity contribution >= 4 is 29.9 Å². The maximum atomic E-state index is 13.6. The predicted octanol–water partition coefficient (Wildman–Crippen LogP) is 2.78. The number of hydrogen-bond acceptors (Lipinski definition) is 4. The highest BCUT2D eigenvalue weighted by atomic mass is 127. The smallest absolute Gasteiger partial charge is 0.191 e. The molecule has 2 aliphatic rings. The van der Waals surface area contributed by atoms with Crippen molar-refractivity contribution in [3.05, 3.63) is 47.3 Å². The molecule has 7 nitrogen and oxygen atoms in total. The van der Waals surface area contributed by atoms with Crippen LogP contribution in [0, 0.1) is 5.82 Å². The average Bonchev–Trinajstić information content (AvgIpc) is 3.40. The van der Waals surface area contributed by atoms with Crippen LogP contribution in [0.15, 0.2) is 29.3 Å². The molecule has 2 aromatic rings. The van der Waals surface area contributed by atoms with Crippen molar-refractivity contribution in [2.45, 2.75) is 57.2 Å². The molecule has 0 saturated heterocycles. The van der Waals surface area contributed by atoms with E-state index in [1.54, 1.807) is 19.2 Å². The van der Waals surface area contributed by atoms with E-state index >= 15 is 0 Å². The largest absolute Gasteiger partial charge is 0.377 e. The van der Waals surface area contributed by atoms with Crippen LogP contribution >= 0.6 is 24.0 Å². The third-order valence-electron chi connectivity index (χ3n) is 5.69. The van der Waals surface area contributed by atoms with E-state index in [2.05, 4.69) is 27.6 Å². The standard InChI is InChI=1S/C21H29FN6O.HI/c1-3-23-20(24-14-21(9-10-21)15-5-4-6-16(22)11-15)25-17-7-8-19-26-18(13-29-2)27-28(19)12-17;/h4-6,11,17H,3,7-10,12-14H2,1-2H3,(H2,23,24,25);1H. The van der Waals surface area contributed by atoms with Crippen LogP contribution in [-0.2, 0) is 29.7 Å². The Labute approximate surface area is 193 Å². The lowest BCUT2D eigenvalue weighted by atomic mass is 9.96. The first-order valence-corrected chi connectivity index (χ1v) is 10.3. The Bertz CT molecular complexity index is 882. The second-order valence-electron chi connectivity index (χ2n) is 7.93. The summed E-state index contributed by atoms with van der Waals surface area (Å²) >= 11 is 0. The van der Waals surface area contributed by atoms with Crippen LogP contribution in [-0.4, -0.2) is 47.0 Å². The first-order valence-electron chi connectivity index (χ1n) is 10.3. The molecule has 0 amide bonds. The number of aromatic nitrogens is 3. The Hall–Kier alpha value is -1.75. The SMILES string of the molecule is CCNC(=NCC1(c2cccc(F)c2)CC1)NC1CCc2nc(COC)nn2C1.I. The number of nitrogens with zero attached hydrogens (tertiary/aromatic N) is 4. The number of fused-ring (bicyclic) bond motifs is 1. The van der Waals surface area contributed by atoms with Gasteiger partial charge in [-0.15, -0.1) is 24.0 Å². The summed E-state index contributed by atoms with van der Waals surface area (Å²) < 4.78 is 20.7. The quantitative estimate of drug-likeness (QED) is 0.329. The first kappa shape index (κ1) is 22.9. The van der Waals surface area contributed by atoms with Crippen LogP contribution in [0.3, 0.4) is 0 Å². The minimum Gasteiger partial charge on any atom is -0.377 e. The third kappa shape index (κ3) is 5.29. The van der Waals surface area contributed by atoms with Crippen molar-refractivity contribution in [1.29, 1.82) is 0 Å². The molecule has 9 heteroatoms. The van der Waals surface area contributed by atoms with E-state index in [-0.39, 0.29) is 41.3 Å². The predicted molar refractivity (Wildman–Crippen MR) is 125 cm³/mol. The molecule has 30 heavy (non-hydrogen) atoms. The number of aliphatic imine (C=N–C) groups is 1. The Morgan fingerprint density at radius 2 is 2.23 bits per heavy atom. The highest BCUT2D eigenvalue weighted by molar-refractivity contribution is 14.0. The number of nitrogens with one attached hydrogen (secondary N) is 2. The summed E-state index contributed by atoms with van der Waals surface area (Å²) in [4.78, 5) is 9.38. The monoisotopic (exact) mass is 528 g/mol. The Morgan fingerprint density at radius 3 is 2.93 bits per heavy atom. The number of guanidine groups is 1. The molecule has 0 spiro atoms. The zero-order chi connectivity index (χ0) is 20.3. The van der Waals surface area contributed by atoms with Gasteiger partial charge in [-0.25, -0.2) is 14.1 Å². The second kappa shape index (κ2) is 10.0. The Kier molecular flexibility index (Phi) is 7.67. The van der Waals surface area contributed by atoms with Crippen molar-refractivity contribution in [2.24, 2.45) is 4.99 Å². The molecular weight excluding hydrogens is 498 g/mol. The van der Waals surface area contributed by atoms with Crippen LogP contribution in [0.2, 0.25) is 0 Å². The lowest BCUT2D eigenvalue weighted by molar-refractivity contribution is 0.177. The zero-order valence-corrected chi connectivity index (χ0v) is 19.9. The maximum absolute atomic E-state index is 13.6. The molecule has 164 valence electrons.